The number of ether oxygens (including phenoxy) is 3. The Hall–Kier alpha value is -5.33. The van der Waals surface area contributed by atoms with Crippen molar-refractivity contribution in [3.05, 3.63) is 101 Å². The monoisotopic (exact) mass is 817 g/mol. The number of pyridine rings is 1. The summed E-state index contributed by atoms with van der Waals surface area (Å²) in [5.74, 6) is 1.46. The number of likely N-dealkylation sites (tertiary alicyclic amines) is 1. The number of carbonyl (C=O) groups is 3. The minimum Gasteiger partial charge on any atom is -0.493 e. The van der Waals surface area contributed by atoms with Crippen molar-refractivity contribution in [2.45, 2.75) is 79.4 Å². The number of fused-ring (bicyclic) bond motifs is 2. The molecule has 1 amide bonds. The molecule has 0 radical (unpaired) electrons. The van der Waals surface area contributed by atoms with Crippen molar-refractivity contribution in [3.63, 3.8) is 0 Å². The highest BCUT2D eigenvalue weighted by molar-refractivity contribution is 7.22. The summed E-state index contributed by atoms with van der Waals surface area (Å²) in [4.78, 5) is 53.5. The molecule has 5 aromatic rings. The Kier molecular flexibility index (Phi) is 13.0. The molecule has 0 saturated carbocycles. The molecular formula is C47H55N5O6S. The molecule has 0 unspecified atom stereocenters. The minimum absolute atomic E-state index is 0.151. The zero-order valence-electron chi connectivity index (χ0n) is 35.0. The van der Waals surface area contributed by atoms with Crippen LogP contribution in [-0.2, 0) is 27.2 Å². The summed E-state index contributed by atoms with van der Waals surface area (Å²) in [7, 11) is 0. The first-order chi connectivity index (χ1) is 28.3. The second kappa shape index (κ2) is 18.3. The lowest BCUT2D eigenvalue weighted by Crippen LogP contribution is -2.38. The van der Waals surface area contributed by atoms with Crippen LogP contribution in [0.4, 0.5) is 10.9 Å². The number of rotatable bonds is 13. The van der Waals surface area contributed by atoms with E-state index in [9.17, 15) is 14.4 Å². The predicted molar refractivity (Wildman–Crippen MR) is 233 cm³/mol. The van der Waals surface area contributed by atoms with Crippen molar-refractivity contribution in [2.24, 2.45) is 11.8 Å². The highest BCUT2D eigenvalue weighted by Crippen LogP contribution is 2.36. The fraction of sp³-hybridized carbons (Fsp3) is 0.426. The zero-order chi connectivity index (χ0) is 41.7. The standard InChI is InChI=1S/C47H55N5O6S/c1-7-56-42(53)28-51-23-20-32(21-24-51)26-30(2)29-57-39-16-11-13-34(31(39)3)35-18-19-41(49-43(35)45(55)58-47(4,5)6)52-25-22-33-12-10-14-36(37(33)27-52)44(54)50-46-48-38-15-8-9-17-40(38)59-46/h8-19,30,32H,7,20-29H2,1-6H3,(H,48,50,54)/t30-/m1/s1. The van der Waals surface area contributed by atoms with Gasteiger partial charge < -0.3 is 19.1 Å². The molecule has 1 N–H and O–H groups in total. The van der Waals surface area contributed by atoms with Gasteiger partial charge in [-0.1, -0.05) is 54.7 Å². The van der Waals surface area contributed by atoms with Gasteiger partial charge in [-0.15, -0.1) is 0 Å². The van der Waals surface area contributed by atoms with E-state index >= 15 is 0 Å². The van der Waals surface area contributed by atoms with E-state index < -0.39 is 11.6 Å². The van der Waals surface area contributed by atoms with E-state index in [0.29, 0.717) is 73.2 Å². The number of anilines is 2. The summed E-state index contributed by atoms with van der Waals surface area (Å²) in [5.41, 5.74) is 5.42. The largest absolute Gasteiger partial charge is 0.493 e. The molecule has 0 bridgehead atoms. The average Bonchev–Trinajstić information content (AvgIpc) is 3.62. The molecular weight excluding hydrogens is 763 g/mol. The molecule has 310 valence electrons. The van der Waals surface area contributed by atoms with E-state index in [1.54, 1.807) is 0 Å². The number of carbonyl (C=O) groups excluding carboxylic acids is 3. The summed E-state index contributed by atoms with van der Waals surface area (Å²) in [6.07, 6.45) is 3.88. The van der Waals surface area contributed by atoms with Gasteiger partial charge in [-0.05, 0) is 144 Å². The molecule has 2 aromatic heterocycles. The van der Waals surface area contributed by atoms with Crippen LogP contribution >= 0.6 is 11.3 Å². The average molecular weight is 818 g/mol. The number of benzene rings is 3. The van der Waals surface area contributed by atoms with Crippen LogP contribution in [-0.4, -0.2) is 77.7 Å². The molecule has 0 aliphatic carbocycles. The Balaban J connectivity index is 1.07. The van der Waals surface area contributed by atoms with Crippen LogP contribution in [0.25, 0.3) is 21.3 Å². The van der Waals surface area contributed by atoms with Crippen LogP contribution in [0, 0.1) is 18.8 Å². The number of para-hydroxylation sites is 1. The van der Waals surface area contributed by atoms with E-state index in [1.165, 1.54) is 11.3 Å². The fourth-order valence-corrected chi connectivity index (χ4v) is 8.97. The summed E-state index contributed by atoms with van der Waals surface area (Å²) in [6.45, 7) is 15.9. The van der Waals surface area contributed by atoms with E-state index in [4.69, 9.17) is 19.2 Å². The molecule has 3 aromatic carbocycles. The summed E-state index contributed by atoms with van der Waals surface area (Å²) in [6, 6.07) is 23.5. The van der Waals surface area contributed by atoms with E-state index in [-0.39, 0.29) is 17.6 Å². The fourth-order valence-electron chi connectivity index (χ4n) is 8.10. The molecule has 2 aliphatic rings. The maximum atomic E-state index is 14.0. The Morgan fingerprint density at radius 3 is 2.47 bits per heavy atom. The molecule has 2 aliphatic heterocycles. The van der Waals surface area contributed by atoms with Crippen LogP contribution < -0.4 is 15.0 Å². The van der Waals surface area contributed by atoms with Crippen molar-refractivity contribution >= 4 is 50.3 Å². The SMILES string of the molecule is CCOC(=O)CN1CCC(C[C@@H](C)COc2cccc(-c3ccc(N4CCc5cccc(C(=O)Nc6nc7ccccc7s6)c5C4)nc3C(=O)OC(C)(C)C)c2C)CC1. The summed E-state index contributed by atoms with van der Waals surface area (Å²) < 4.78 is 18.5. The van der Waals surface area contributed by atoms with Crippen molar-refractivity contribution in [2.75, 3.05) is 49.6 Å². The molecule has 12 heteroatoms. The molecule has 0 spiro atoms. The molecule has 4 heterocycles. The third kappa shape index (κ3) is 10.3. The molecule has 1 fully saturated rings. The van der Waals surface area contributed by atoms with E-state index in [1.807, 2.05) is 101 Å². The Morgan fingerprint density at radius 1 is 0.932 bits per heavy atom. The number of aromatic nitrogens is 2. The number of hydrogen-bond donors (Lipinski definition) is 1. The zero-order valence-corrected chi connectivity index (χ0v) is 35.8. The normalized spacial score (nSPS) is 15.4. The second-order valence-electron chi connectivity index (χ2n) is 16.7. The first-order valence-electron chi connectivity index (χ1n) is 20.7. The smallest absolute Gasteiger partial charge is 0.358 e. The number of hydrogen-bond acceptors (Lipinski definition) is 11. The molecule has 1 saturated heterocycles. The molecule has 59 heavy (non-hydrogen) atoms. The third-order valence-electron chi connectivity index (χ3n) is 11.0. The van der Waals surface area contributed by atoms with Gasteiger partial charge in [-0.3, -0.25) is 19.8 Å². The Labute approximate surface area is 351 Å². The minimum atomic E-state index is -0.727. The second-order valence-corrected chi connectivity index (χ2v) is 17.8. The van der Waals surface area contributed by atoms with Crippen molar-refractivity contribution < 1.29 is 28.6 Å². The van der Waals surface area contributed by atoms with Gasteiger partial charge in [0.25, 0.3) is 5.91 Å². The number of esters is 2. The number of amides is 1. The van der Waals surface area contributed by atoms with Gasteiger partial charge in [0.15, 0.2) is 10.8 Å². The highest BCUT2D eigenvalue weighted by Gasteiger charge is 2.28. The number of thiazole rings is 1. The van der Waals surface area contributed by atoms with Crippen LogP contribution in [0.5, 0.6) is 5.75 Å². The summed E-state index contributed by atoms with van der Waals surface area (Å²) >= 11 is 1.45. The molecule has 7 rings (SSSR count). The quantitative estimate of drug-likeness (QED) is 0.115. The van der Waals surface area contributed by atoms with Gasteiger partial charge in [0, 0.05) is 24.2 Å². The Bertz CT molecular complexity index is 2280. The molecule has 1 atom stereocenters. The number of piperidine rings is 1. The predicted octanol–water partition coefficient (Wildman–Crippen LogP) is 9.12. The molecule has 11 nitrogen and oxygen atoms in total. The first kappa shape index (κ1) is 41.8. The van der Waals surface area contributed by atoms with Gasteiger partial charge in [0.05, 0.1) is 30.0 Å². The van der Waals surface area contributed by atoms with Crippen LogP contribution in [0.1, 0.15) is 91.4 Å². The Morgan fingerprint density at radius 2 is 1.71 bits per heavy atom. The van der Waals surface area contributed by atoms with Gasteiger partial charge in [0.1, 0.15) is 17.2 Å². The van der Waals surface area contributed by atoms with Crippen LogP contribution in [0.3, 0.4) is 0 Å². The maximum Gasteiger partial charge on any atom is 0.358 e. The summed E-state index contributed by atoms with van der Waals surface area (Å²) in [5, 5.41) is 3.58. The van der Waals surface area contributed by atoms with E-state index in [2.05, 4.69) is 33.1 Å². The van der Waals surface area contributed by atoms with Gasteiger partial charge >= 0.3 is 11.9 Å². The lowest BCUT2D eigenvalue weighted by Gasteiger charge is -2.32. The van der Waals surface area contributed by atoms with Crippen molar-refractivity contribution in [1.82, 2.24) is 14.9 Å². The van der Waals surface area contributed by atoms with Gasteiger partial charge in [-0.2, -0.15) is 0 Å². The highest BCUT2D eigenvalue weighted by atomic mass is 32.1. The lowest BCUT2D eigenvalue weighted by atomic mass is 9.88. The number of nitrogens with zero attached hydrogens (tertiary/aromatic N) is 4. The van der Waals surface area contributed by atoms with Crippen LogP contribution in [0.15, 0.2) is 72.8 Å². The van der Waals surface area contributed by atoms with Crippen molar-refractivity contribution in [1.29, 1.82) is 0 Å². The lowest BCUT2D eigenvalue weighted by molar-refractivity contribution is -0.144. The first-order valence-corrected chi connectivity index (χ1v) is 21.5. The van der Waals surface area contributed by atoms with E-state index in [0.717, 1.165) is 70.6 Å². The third-order valence-corrected chi connectivity index (χ3v) is 12.0. The number of nitrogens with one attached hydrogen (secondary N) is 1. The van der Waals surface area contributed by atoms with Gasteiger partial charge in [0.2, 0.25) is 0 Å². The maximum absolute atomic E-state index is 14.0. The van der Waals surface area contributed by atoms with Crippen LogP contribution in [0.2, 0.25) is 0 Å². The van der Waals surface area contributed by atoms with Gasteiger partial charge in [-0.25, -0.2) is 14.8 Å². The van der Waals surface area contributed by atoms with Crippen molar-refractivity contribution in [3.8, 4) is 16.9 Å². The topological polar surface area (TPSA) is 123 Å².